The summed E-state index contributed by atoms with van der Waals surface area (Å²) in [5.74, 6) is -0.171. The number of nitrogens with one attached hydrogen (secondary N) is 1. The molecule has 0 aliphatic heterocycles. The molecule has 1 N–H and O–H groups in total. The fraction of sp³-hybridized carbons (Fsp3) is 0.154. The lowest BCUT2D eigenvalue weighted by atomic mass is 10.3. The lowest BCUT2D eigenvalue weighted by Gasteiger charge is -2.05. The molecule has 5 heteroatoms. The average molecular weight is 246 g/mol. The zero-order valence-corrected chi connectivity index (χ0v) is 9.80. The Labute approximate surface area is 104 Å². The number of carbonyl (C=O) groups is 1. The van der Waals surface area contributed by atoms with E-state index in [-0.39, 0.29) is 5.76 Å². The van der Waals surface area contributed by atoms with Crippen LogP contribution in [-0.2, 0) is 6.54 Å². The average Bonchev–Trinajstić information content (AvgIpc) is 2.86. The van der Waals surface area contributed by atoms with Gasteiger partial charge < -0.3 is 24.4 Å². The third-order valence-corrected chi connectivity index (χ3v) is 2.42. The standard InChI is InChI=1S/C13H13NO4/c1-17-10-4-2-9(3-5-10)14-8-11-6-7-12(18-11)13(15)16/h2-7,14H,8H2,1H3,(H,15,16)/p-1. The van der Waals surface area contributed by atoms with E-state index in [9.17, 15) is 9.90 Å². The van der Waals surface area contributed by atoms with Gasteiger partial charge in [0.2, 0.25) is 0 Å². The molecule has 0 radical (unpaired) electrons. The Bertz CT molecular complexity index is 530. The first kappa shape index (κ1) is 12.0. The Morgan fingerprint density at radius 1 is 1.28 bits per heavy atom. The summed E-state index contributed by atoms with van der Waals surface area (Å²) in [4.78, 5) is 10.5. The molecule has 18 heavy (non-hydrogen) atoms. The van der Waals surface area contributed by atoms with Crippen LogP contribution in [0.5, 0.6) is 5.75 Å². The lowest BCUT2D eigenvalue weighted by molar-refractivity contribution is -0.257. The molecule has 94 valence electrons. The molecule has 2 aromatic rings. The number of aromatic carboxylic acids is 1. The molecule has 0 saturated heterocycles. The number of ether oxygens (including phenoxy) is 1. The second kappa shape index (κ2) is 5.27. The van der Waals surface area contributed by atoms with E-state index < -0.39 is 5.97 Å². The zero-order chi connectivity index (χ0) is 13.0. The second-order valence-corrected chi connectivity index (χ2v) is 3.64. The van der Waals surface area contributed by atoms with Gasteiger partial charge in [-0.05, 0) is 36.4 Å². The Hall–Kier alpha value is -2.43. The first-order chi connectivity index (χ1) is 8.69. The van der Waals surface area contributed by atoms with E-state index >= 15 is 0 Å². The monoisotopic (exact) mass is 246 g/mol. The van der Waals surface area contributed by atoms with Crippen LogP contribution in [0.25, 0.3) is 0 Å². The van der Waals surface area contributed by atoms with Crippen molar-refractivity contribution in [1.82, 2.24) is 0 Å². The number of carbonyl (C=O) groups excluding carboxylic acids is 1. The van der Waals surface area contributed by atoms with Gasteiger partial charge >= 0.3 is 0 Å². The van der Waals surface area contributed by atoms with Gasteiger partial charge in [-0.15, -0.1) is 0 Å². The topological polar surface area (TPSA) is 74.5 Å². The molecule has 0 atom stereocenters. The molecule has 0 saturated carbocycles. The minimum atomic E-state index is -1.31. The second-order valence-electron chi connectivity index (χ2n) is 3.64. The Morgan fingerprint density at radius 2 is 2.00 bits per heavy atom. The normalized spacial score (nSPS) is 10.1. The summed E-state index contributed by atoms with van der Waals surface area (Å²) >= 11 is 0. The summed E-state index contributed by atoms with van der Waals surface area (Å²) < 4.78 is 10.1. The Kier molecular flexibility index (Phi) is 3.52. The molecule has 0 aliphatic rings. The Morgan fingerprint density at radius 3 is 2.56 bits per heavy atom. The molecule has 1 aromatic carbocycles. The number of methoxy groups -OCH3 is 1. The first-order valence-electron chi connectivity index (χ1n) is 5.37. The number of hydrogen-bond donors (Lipinski definition) is 1. The predicted molar refractivity (Wildman–Crippen MR) is 63.4 cm³/mol. The number of carboxylic acid groups (broad SMARTS) is 1. The molecule has 0 fully saturated rings. The molecular formula is C13H12NO4-. The third kappa shape index (κ3) is 2.82. The van der Waals surface area contributed by atoms with Gasteiger partial charge in [-0.25, -0.2) is 0 Å². The van der Waals surface area contributed by atoms with Crippen LogP contribution >= 0.6 is 0 Å². The highest BCUT2D eigenvalue weighted by Crippen LogP contribution is 2.16. The van der Waals surface area contributed by atoms with Crippen LogP contribution in [0.4, 0.5) is 5.69 Å². The van der Waals surface area contributed by atoms with Crippen molar-refractivity contribution in [3.8, 4) is 5.75 Å². The molecule has 5 nitrogen and oxygen atoms in total. The molecule has 0 amide bonds. The van der Waals surface area contributed by atoms with Crippen LogP contribution in [0.3, 0.4) is 0 Å². The van der Waals surface area contributed by atoms with Crippen molar-refractivity contribution in [1.29, 1.82) is 0 Å². The van der Waals surface area contributed by atoms with Crippen LogP contribution in [-0.4, -0.2) is 13.1 Å². The molecule has 1 heterocycles. The zero-order valence-electron chi connectivity index (χ0n) is 9.80. The van der Waals surface area contributed by atoms with Gasteiger partial charge in [-0.1, -0.05) is 0 Å². The lowest BCUT2D eigenvalue weighted by Crippen LogP contribution is -2.21. The maximum absolute atomic E-state index is 10.5. The van der Waals surface area contributed by atoms with Crippen LogP contribution in [0, 0.1) is 0 Å². The van der Waals surface area contributed by atoms with E-state index in [1.165, 1.54) is 6.07 Å². The molecule has 0 unspecified atom stereocenters. The van der Waals surface area contributed by atoms with Crippen LogP contribution in [0.1, 0.15) is 16.3 Å². The summed E-state index contributed by atoms with van der Waals surface area (Å²) in [6.07, 6.45) is 0. The van der Waals surface area contributed by atoms with Gasteiger partial charge in [0.15, 0.2) is 0 Å². The van der Waals surface area contributed by atoms with Gasteiger partial charge in [0, 0.05) is 5.69 Å². The maximum Gasteiger partial charge on any atom is 0.149 e. The van der Waals surface area contributed by atoms with Crippen molar-refractivity contribution < 1.29 is 19.1 Å². The van der Waals surface area contributed by atoms with Crippen LogP contribution in [0.15, 0.2) is 40.8 Å². The number of furan rings is 1. The van der Waals surface area contributed by atoms with Crippen molar-refractivity contribution in [3.05, 3.63) is 47.9 Å². The number of anilines is 1. The quantitative estimate of drug-likeness (QED) is 0.859. The van der Waals surface area contributed by atoms with E-state index in [0.29, 0.717) is 12.3 Å². The van der Waals surface area contributed by atoms with Crippen molar-refractivity contribution >= 4 is 11.7 Å². The molecule has 0 bridgehead atoms. The molecule has 0 aliphatic carbocycles. The van der Waals surface area contributed by atoms with Crippen molar-refractivity contribution in [2.75, 3.05) is 12.4 Å². The predicted octanol–water partition coefficient (Wildman–Crippen LogP) is 1.26. The summed E-state index contributed by atoms with van der Waals surface area (Å²) in [5, 5.41) is 13.6. The van der Waals surface area contributed by atoms with Gasteiger partial charge in [0.25, 0.3) is 0 Å². The van der Waals surface area contributed by atoms with Crippen molar-refractivity contribution in [3.63, 3.8) is 0 Å². The van der Waals surface area contributed by atoms with Gasteiger partial charge in [-0.3, -0.25) is 0 Å². The van der Waals surface area contributed by atoms with Gasteiger partial charge in [0.1, 0.15) is 23.2 Å². The number of rotatable bonds is 5. The summed E-state index contributed by atoms with van der Waals surface area (Å²) in [7, 11) is 1.60. The molecular weight excluding hydrogens is 234 g/mol. The number of benzene rings is 1. The highest BCUT2D eigenvalue weighted by molar-refractivity contribution is 5.82. The SMILES string of the molecule is COc1ccc(NCc2ccc(C(=O)[O-])o2)cc1. The summed E-state index contributed by atoms with van der Waals surface area (Å²) in [5.41, 5.74) is 0.891. The van der Waals surface area contributed by atoms with E-state index in [1.807, 2.05) is 24.3 Å². The Balaban J connectivity index is 1.95. The van der Waals surface area contributed by atoms with Crippen molar-refractivity contribution in [2.45, 2.75) is 6.54 Å². The van der Waals surface area contributed by atoms with E-state index in [1.54, 1.807) is 13.2 Å². The largest absolute Gasteiger partial charge is 0.542 e. The number of carboxylic acids is 1. The van der Waals surface area contributed by atoms with Gasteiger partial charge in [0.05, 0.1) is 13.7 Å². The van der Waals surface area contributed by atoms with E-state index in [0.717, 1.165) is 11.4 Å². The number of hydrogen-bond acceptors (Lipinski definition) is 5. The van der Waals surface area contributed by atoms with Crippen molar-refractivity contribution in [2.24, 2.45) is 0 Å². The minimum Gasteiger partial charge on any atom is -0.542 e. The van der Waals surface area contributed by atoms with E-state index in [4.69, 9.17) is 9.15 Å². The smallest absolute Gasteiger partial charge is 0.149 e. The molecule has 1 aromatic heterocycles. The highest BCUT2D eigenvalue weighted by atomic mass is 16.5. The van der Waals surface area contributed by atoms with Crippen LogP contribution < -0.4 is 15.2 Å². The fourth-order valence-electron chi connectivity index (χ4n) is 1.48. The van der Waals surface area contributed by atoms with Crippen LogP contribution in [0.2, 0.25) is 0 Å². The first-order valence-corrected chi connectivity index (χ1v) is 5.37. The van der Waals surface area contributed by atoms with E-state index in [2.05, 4.69) is 5.32 Å². The molecule has 0 spiro atoms. The third-order valence-electron chi connectivity index (χ3n) is 2.42. The summed E-state index contributed by atoms with van der Waals surface area (Å²) in [6, 6.07) is 10.4. The maximum atomic E-state index is 10.5. The van der Waals surface area contributed by atoms with Gasteiger partial charge in [-0.2, -0.15) is 0 Å². The highest BCUT2D eigenvalue weighted by Gasteiger charge is 2.02. The summed E-state index contributed by atoms with van der Waals surface area (Å²) in [6.45, 7) is 0.402. The fourth-order valence-corrected chi connectivity index (χ4v) is 1.48. The minimum absolute atomic E-state index is 0.165. The molecule has 2 rings (SSSR count).